The second kappa shape index (κ2) is 6.21. The maximum absolute atomic E-state index is 12.0. The highest BCUT2D eigenvalue weighted by atomic mass is 79.9. The zero-order chi connectivity index (χ0) is 13.1. The van der Waals surface area contributed by atoms with Gasteiger partial charge in [-0.2, -0.15) is 0 Å². The van der Waals surface area contributed by atoms with Gasteiger partial charge in [0.2, 0.25) is 5.91 Å². The Morgan fingerprint density at radius 2 is 1.82 bits per heavy atom. The molecule has 1 aliphatic rings. The van der Waals surface area contributed by atoms with Crippen molar-refractivity contribution in [1.29, 1.82) is 0 Å². The Labute approximate surface area is 114 Å². The molecule has 0 bridgehead atoms. The monoisotopic (exact) mass is 303 g/mol. The summed E-state index contributed by atoms with van der Waals surface area (Å²) in [5.74, 6) is 1.28. The fourth-order valence-corrected chi connectivity index (χ4v) is 2.78. The van der Waals surface area contributed by atoms with E-state index < -0.39 is 0 Å². The Hall–Kier alpha value is -0.0500. The number of hydrogen-bond acceptors (Lipinski definition) is 1. The number of hydrogen-bond donors (Lipinski definition) is 1. The summed E-state index contributed by atoms with van der Waals surface area (Å²) < 4.78 is 0. The molecule has 1 N–H and O–H groups in total. The number of alkyl halides is 1. The van der Waals surface area contributed by atoms with E-state index in [2.05, 4.69) is 42.0 Å². The molecule has 1 aliphatic carbocycles. The van der Waals surface area contributed by atoms with Crippen molar-refractivity contribution in [1.82, 2.24) is 5.32 Å². The summed E-state index contributed by atoms with van der Waals surface area (Å²) in [5, 5.41) is 3.90. The molecule has 100 valence electrons. The molecule has 0 aromatic heterocycles. The maximum Gasteiger partial charge on any atom is 0.223 e. The normalized spacial score (nSPS) is 27.6. The van der Waals surface area contributed by atoms with Crippen molar-refractivity contribution in [3.8, 4) is 0 Å². The Morgan fingerprint density at radius 1 is 1.29 bits per heavy atom. The Kier molecular flexibility index (Phi) is 5.49. The lowest BCUT2D eigenvalue weighted by Gasteiger charge is -2.36. The number of carbonyl (C=O) groups excluding carboxylic acids is 1. The minimum atomic E-state index is 0.239. The first-order valence-electron chi connectivity index (χ1n) is 6.71. The summed E-state index contributed by atoms with van der Waals surface area (Å²) in [7, 11) is 0. The van der Waals surface area contributed by atoms with Crippen molar-refractivity contribution in [3.63, 3.8) is 0 Å². The molecular weight excluding hydrogens is 278 g/mol. The van der Waals surface area contributed by atoms with E-state index >= 15 is 0 Å². The van der Waals surface area contributed by atoms with Crippen LogP contribution in [0.25, 0.3) is 0 Å². The van der Waals surface area contributed by atoms with Gasteiger partial charge in [-0.1, -0.05) is 36.7 Å². The van der Waals surface area contributed by atoms with Gasteiger partial charge < -0.3 is 5.32 Å². The Balaban J connectivity index is 2.39. The van der Waals surface area contributed by atoms with Gasteiger partial charge in [0.1, 0.15) is 0 Å². The highest BCUT2D eigenvalue weighted by molar-refractivity contribution is 9.09. The summed E-state index contributed by atoms with van der Waals surface area (Å²) in [4.78, 5) is 12.0. The molecule has 2 nitrogen and oxygen atoms in total. The minimum Gasteiger partial charge on any atom is -0.353 e. The molecular formula is C14H26BrNO. The highest BCUT2D eigenvalue weighted by Crippen LogP contribution is 2.39. The van der Waals surface area contributed by atoms with Gasteiger partial charge in [-0.3, -0.25) is 4.79 Å². The molecule has 0 aromatic carbocycles. The molecule has 1 unspecified atom stereocenters. The number of halogens is 1. The van der Waals surface area contributed by atoms with Gasteiger partial charge in [-0.05, 0) is 43.9 Å². The zero-order valence-corrected chi connectivity index (χ0v) is 13.1. The molecule has 0 heterocycles. The number of amides is 1. The average molecular weight is 304 g/mol. The van der Waals surface area contributed by atoms with Crippen molar-refractivity contribution >= 4 is 21.8 Å². The van der Waals surface area contributed by atoms with E-state index in [0.717, 1.165) is 24.1 Å². The van der Waals surface area contributed by atoms with Crippen LogP contribution in [0, 0.1) is 17.3 Å². The summed E-state index contributed by atoms with van der Waals surface area (Å²) >= 11 is 3.39. The van der Waals surface area contributed by atoms with Crippen LogP contribution in [0.15, 0.2) is 0 Å². The van der Waals surface area contributed by atoms with Gasteiger partial charge in [-0.25, -0.2) is 0 Å². The summed E-state index contributed by atoms with van der Waals surface area (Å²) in [6, 6.07) is 0.239. The first-order valence-corrected chi connectivity index (χ1v) is 7.83. The largest absolute Gasteiger partial charge is 0.353 e. The fraction of sp³-hybridized carbons (Fsp3) is 0.929. The quantitative estimate of drug-likeness (QED) is 0.791. The molecule has 0 radical (unpaired) electrons. The molecule has 1 amide bonds. The highest BCUT2D eigenvalue weighted by Gasteiger charge is 2.32. The van der Waals surface area contributed by atoms with Crippen LogP contribution in [-0.2, 0) is 4.79 Å². The summed E-state index contributed by atoms with van der Waals surface area (Å²) in [6.07, 6.45) is 4.51. The molecule has 0 aromatic rings. The standard InChI is InChI=1S/C14H26BrNO/c1-10(9-15)16-13(17)11-5-7-12(8-6-11)14(2,3)4/h10-12H,5-9H2,1-4H3,(H,16,17). The Bertz CT molecular complexity index is 251. The predicted octanol–water partition coefficient (Wildman–Crippen LogP) is 3.74. The van der Waals surface area contributed by atoms with Gasteiger partial charge in [0.25, 0.3) is 0 Å². The fourth-order valence-electron chi connectivity index (χ4n) is 2.62. The summed E-state index contributed by atoms with van der Waals surface area (Å²) in [5.41, 5.74) is 0.393. The van der Waals surface area contributed by atoms with Crippen LogP contribution in [0.1, 0.15) is 53.4 Å². The molecule has 1 fully saturated rings. The lowest BCUT2D eigenvalue weighted by molar-refractivity contribution is -0.127. The van der Waals surface area contributed by atoms with Crippen molar-refractivity contribution < 1.29 is 4.79 Å². The van der Waals surface area contributed by atoms with Gasteiger partial charge in [0.15, 0.2) is 0 Å². The van der Waals surface area contributed by atoms with E-state index in [-0.39, 0.29) is 17.9 Å². The third-order valence-corrected chi connectivity index (χ3v) is 4.91. The van der Waals surface area contributed by atoms with E-state index in [1.165, 1.54) is 12.8 Å². The third-order valence-electron chi connectivity index (χ3n) is 3.94. The lowest BCUT2D eigenvalue weighted by Crippen LogP contribution is -2.40. The number of nitrogens with one attached hydrogen (secondary N) is 1. The molecule has 1 saturated carbocycles. The molecule has 1 atom stereocenters. The van der Waals surface area contributed by atoms with E-state index in [1.54, 1.807) is 0 Å². The summed E-state index contributed by atoms with van der Waals surface area (Å²) in [6.45, 7) is 8.97. The molecule has 3 heteroatoms. The van der Waals surface area contributed by atoms with E-state index in [1.807, 2.05) is 6.92 Å². The van der Waals surface area contributed by atoms with Crippen molar-refractivity contribution in [2.45, 2.75) is 59.4 Å². The van der Waals surface area contributed by atoms with Crippen molar-refractivity contribution in [2.24, 2.45) is 17.3 Å². The predicted molar refractivity (Wildman–Crippen MR) is 76.3 cm³/mol. The van der Waals surface area contributed by atoms with E-state index in [9.17, 15) is 4.79 Å². The second-order valence-corrected chi connectivity index (χ2v) is 7.13. The van der Waals surface area contributed by atoms with Gasteiger partial charge in [0, 0.05) is 17.3 Å². The van der Waals surface area contributed by atoms with Crippen LogP contribution in [0.3, 0.4) is 0 Å². The zero-order valence-electron chi connectivity index (χ0n) is 11.6. The molecule has 0 spiro atoms. The first-order chi connectivity index (χ1) is 7.84. The van der Waals surface area contributed by atoms with Crippen LogP contribution in [0.5, 0.6) is 0 Å². The third kappa shape index (κ3) is 4.61. The minimum absolute atomic E-state index is 0.239. The van der Waals surface area contributed by atoms with Crippen LogP contribution in [0.2, 0.25) is 0 Å². The number of carbonyl (C=O) groups is 1. The lowest BCUT2D eigenvalue weighted by atomic mass is 9.69. The van der Waals surface area contributed by atoms with Gasteiger partial charge in [0.05, 0.1) is 0 Å². The van der Waals surface area contributed by atoms with Gasteiger partial charge >= 0.3 is 0 Å². The smallest absolute Gasteiger partial charge is 0.223 e. The van der Waals surface area contributed by atoms with Crippen LogP contribution in [0.4, 0.5) is 0 Å². The SMILES string of the molecule is CC(CBr)NC(=O)C1CCC(C(C)(C)C)CC1. The molecule has 0 saturated heterocycles. The molecule has 1 rings (SSSR count). The molecule has 17 heavy (non-hydrogen) atoms. The average Bonchev–Trinajstić information content (AvgIpc) is 2.27. The number of rotatable bonds is 3. The van der Waals surface area contributed by atoms with Crippen LogP contribution >= 0.6 is 15.9 Å². The molecule has 0 aliphatic heterocycles. The van der Waals surface area contributed by atoms with Crippen LogP contribution < -0.4 is 5.32 Å². The second-order valence-electron chi connectivity index (χ2n) is 6.48. The first kappa shape index (κ1) is 15.0. The van der Waals surface area contributed by atoms with Crippen molar-refractivity contribution in [3.05, 3.63) is 0 Å². The van der Waals surface area contributed by atoms with E-state index in [4.69, 9.17) is 0 Å². The van der Waals surface area contributed by atoms with E-state index in [0.29, 0.717) is 5.41 Å². The van der Waals surface area contributed by atoms with Gasteiger partial charge in [-0.15, -0.1) is 0 Å². The van der Waals surface area contributed by atoms with Crippen LogP contribution in [-0.4, -0.2) is 17.3 Å². The maximum atomic E-state index is 12.0. The van der Waals surface area contributed by atoms with Crippen molar-refractivity contribution in [2.75, 3.05) is 5.33 Å². The topological polar surface area (TPSA) is 29.1 Å². The Morgan fingerprint density at radius 3 is 2.24 bits per heavy atom.